The smallest absolute Gasteiger partial charge is 0.123 e. The Morgan fingerprint density at radius 2 is 1.53 bits per heavy atom. The third-order valence-corrected chi connectivity index (χ3v) is 3.51. The number of phenols is 1. The van der Waals surface area contributed by atoms with Gasteiger partial charge in [0, 0.05) is 0 Å². The van der Waals surface area contributed by atoms with Crippen LogP contribution in [0.5, 0.6) is 11.5 Å². The molecule has 0 aliphatic carbocycles. The van der Waals surface area contributed by atoms with Crippen molar-refractivity contribution in [2.75, 3.05) is 0 Å². The monoisotopic (exact) mass is 256 g/mol. The molecule has 19 heavy (non-hydrogen) atoms. The number of benzene rings is 2. The Balaban J connectivity index is 2.22. The van der Waals surface area contributed by atoms with E-state index in [4.69, 9.17) is 4.74 Å². The zero-order chi connectivity index (χ0) is 14.0. The molecule has 0 saturated heterocycles. The molecule has 0 atom stereocenters. The van der Waals surface area contributed by atoms with E-state index in [-0.39, 0.29) is 0 Å². The zero-order valence-electron chi connectivity index (χ0n) is 11.9. The lowest BCUT2D eigenvalue weighted by Gasteiger charge is -2.14. The lowest BCUT2D eigenvalue weighted by molar-refractivity contribution is 0.301. The summed E-state index contributed by atoms with van der Waals surface area (Å²) < 4.78 is 5.91. The normalized spacial score (nSPS) is 10.5. The van der Waals surface area contributed by atoms with Gasteiger partial charge in [0.05, 0.1) is 0 Å². The molecule has 0 spiro atoms. The molecule has 100 valence electrons. The van der Waals surface area contributed by atoms with E-state index in [1.54, 1.807) is 6.07 Å². The van der Waals surface area contributed by atoms with Gasteiger partial charge in [-0.3, -0.25) is 0 Å². The van der Waals surface area contributed by atoms with Crippen LogP contribution >= 0.6 is 0 Å². The Kier molecular flexibility index (Phi) is 3.79. The average Bonchev–Trinajstić information content (AvgIpc) is 2.34. The van der Waals surface area contributed by atoms with Crippen LogP contribution in [0, 0.1) is 27.7 Å². The summed E-state index contributed by atoms with van der Waals surface area (Å²) in [6, 6.07) is 9.89. The van der Waals surface area contributed by atoms with Crippen LogP contribution in [0.15, 0.2) is 30.3 Å². The van der Waals surface area contributed by atoms with Crippen molar-refractivity contribution in [3.63, 3.8) is 0 Å². The Morgan fingerprint density at radius 3 is 2.16 bits per heavy atom. The molecular formula is C17H20O2. The van der Waals surface area contributed by atoms with E-state index in [0.717, 1.165) is 16.9 Å². The van der Waals surface area contributed by atoms with E-state index >= 15 is 0 Å². The minimum Gasteiger partial charge on any atom is -0.508 e. The Bertz CT molecular complexity index is 580. The van der Waals surface area contributed by atoms with Crippen molar-refractivity contribution in [1.29, 1.82) is 0 Å². The highest BCUT2D eigenvalue weighted by Crippen LogP contribution is 2.28. The fourth-order valence-corrected chi connectivity index (χ4v) is 2.16. The van der Waals surface area contributed by atoms with E-state index in [1.165, 1.54) is 16.7 Å². The fourth-order valence-electron chi connectivity index (χ4n) is 2.16. The molecule has 0 radical (unpaired) electrons. The van der Waals surface area contributed by atoms with Crippen molar-refractivity contribution in [2.45, 2.75) is 34.3 Å². The van der Waals surface area contributed by atoms with Crippen LogP contribution < -0.4 is 4.74 Å². The van der Waals surface area contributed by atoms with E-state index in [9.17, 15) is 5.11 Å². The second kappa shape index (κ2) is 5.35. The van der Waals surface area contributed by atoms with Crippen molar-refractivity contribution < 1.29 is 9.84 Å². The number of aryl methyl sites for hydroxylation is 4. The third kappa shape index (κ3) is 2.90. The van der Waals surface area contributed by atoms with Gasteiger partial charge in [0.2, 0.25) is 0 Å². The van der Waals surface area contributed by atoms with Gasteiger partial charge in [-0.05, 0) is 67.6 Å². The molecule has 0 aromatic heterocycles. The van der Waals surface area contributed by atoms with Gasteiger partial charge >= 0.3 is 0 Å². The summed E-state index contributed by atoms with van der Waals surface area (Å²) in [6.45, 7) is 8.57. The van der Waals surface area contributed by atoms with Crippen molar-refractivity contribution in [3.8, 4) is 11.5 Å². The Hall–Kier alpha value is -1.96. The maximum absolute atomic E-state index is 9.64. The van der Waals surface area contributed by atoms with Crippen molar-refractivity contribution in [1.82, 2.24) is 0 Å². The molecule has 0 unspecified atom stereocenters. The number of ether oxygens (including phenoxy) is 1. The molecule has 0 heterocycles. The van der Waals surface area contributed by atoms with Crippen LogP contribution in [0.25, 0.3) is 0 Å². The van der Waals surface area contributed by atoms with Gasteiger partial charge < -0.3 is 9.84 Å². The maximum atomic E-state index is 9.64. The summed E-state index contributed by atoms with van der Waals surface area (Å²) in [4.78, 5) is 0. The van der Waals surface area contributed by atoms with Crippen LogP contribution in [-0.4, -0.2) is 5.11 Å². The number of aromatic hydroxyl groups is 1. The molecule has 0 bridgehead atoms. The van der Waals surface area contributed by atoms with Crippen LogP contribution in [0.1, 0.15) is 27.8 Å². The van der Waals surface area contributed by atoms with E-state index in [1.807, 2.05) is 19.9 Å². The van der Waals surface area contributed by atoms with E-state index in [0.29, 0.717) is 12.4 Å². The molecule has 2 aromatic carbocycles. The Labute approximate surface area is 114 Å². The van der Waals surface area contributed by atoms with Crippen LogP contribution in [0.4, 0.5) is 0 Å². The summed E-state index contributed by atoms with van der Waals surface area (Å²) in [7, 11) is 0. The number of hydrogen-bond donors (Lipinski definition) is 1. The van der Waals surface area contributed by atoms with Crippen LogP contribution in [0.3, 0.4) is 0 Å². The SMILES string of the molecule is Cc1cc(OCc2c(C)cccc2C)c(C)cc1O. The zero-order valence-corrected chi connectivity index (χ0v) is 11.9. The maximum Gasteiger partial charge on any atom is 0.123 e. The summed E-state index contributed by atoms with van der Waals surface area (Å²) >= 11 is 0. The first-order chi connectivity index (χ1) is 8.99. The summed E-state index contributed by atoms with van der Waals surface area (Å²) in [5.74, 6) is 1.15. The summed E-state index contributed by atoms with van der Waals surface area (Å²) in [5, 5.41) is 9.64. The number of phenolic OH excluding ortho intramolecular Hbond substituents is 1. The molecule has 0 aliphatic rings. The molecule has 0 saturated carbocycles. The van der Waals surface area contributed by atoms with E-state index in [2.05, 4.69) is 32.0 Å². The van der Waals surface area contributed by atoms with Gasteiger partial charge in [-0.2, -0.15) is 0 Å². The average molecular weight is 256 g/mol. The number of rotatable bonds is 3. The van der Waals surface area contributed by atoms with Gasteiger partial charge in [0.25, 0.3) is 0 Å². The molecule has 2 rings (SSSR count). The van der Waals surface area contributed by atoms with Gasteiger partial charge in [0.15, 0.2) is 0 Å². The first-order valence-corrected chi connectivity index (χ1v) is 6.47. The molecular weight excluding hydrogens is 236 g/mol. The minimum absolute atomic E-state index is 0.317. The molecule has 2 heteroatoms. The summed E-state index contributed by atoms with van der Waals surface area (Å²) in [6.07, 6.45) is 0. The van der Waals surface area contributed by atoms with Crippen LogP contribution in [-0.2, 0) is 6.61 Å². The predicted molar refractivity (Wildman–Crippen MR) is 77.8 cm³/mol. The molecule has 2 aromatic rings. The van der Waals surface area contributed by atoms with Gasteiger partial charge in [0.1, 0.15) is 18.1 Å². The standard InChI is InChI=1S/C17H20O2/c1-11-6-5-7-12(2)15(11)10-19-17-9-13(3)16(18)8-14(17)4/h5-9,18H,10H2,1-4H3. The van der Waals surface area contributed by atoms with E-state index < -0.39 is 0 Å². The van der Waals surface area contributed by atoms with Crippen molar-refractivity contribution in [2.24, 2.45) is 0 Å². The molecule has 2 nitrogen and oxygen atoms in total. The predicted octanol–water partition coefficient (Wildman–Crippen LogP) is 4.20. The molecule has 0 amide bonds. The highest BCUT2D eigenvalue weighted by atomic mass is 16.5. The first-order valence-electron chi connectivity index (χ1n) is 6.47. The Morgan fingerprint density at radius 1 is 0.895 bits per heavy atom. The van der Waals surface area contributed by atoms with Crippen molar-refractivity contribution >= 4 is 0 Å². The largest absolute Gasteiger partial charge is 0.508 e. The molecule has 0 aliphatic heterocycles. The highest BCUT2D eigenvalue weighted by molar-refractivity contribution is 5.44. The van der Waals surface area contributed by atoms with Gasteiger partial charge in [-0.1, -0.05) is 18.2 Å². The first kappa shape index (κ1) is 13.5. The van der Waals surface area contributed by atoms with Gasteiger partial charge in [-0.25, -0.2) is 0 Å². The van der Waals surface area contributed by atoms with Gasteiger partial charge in [-0.15, -0.1) is 0 Å². The molecule has 1 N–H and O–H groups in total. The number of hydrogen-bond acceptors (Lipinski definition) is 2. The van der Waals surface area contributed by atoms with Crippen molar-refractivity contribution in [3.05, 3.63) is 58.1 Å². The third-order valence-electron chi connectivity index (χ3n) is 3.51. The second-order valence-corrected chi connectivity index (χ2v) is 5.06. The topological polar surface area (TPSA) is 29.5 Å². The quantitative estimate of drug-likeness (QED) is 0.891. The second-order valence-electron chi connectivity index (χ2n) is 5.06. The lowest BCUT2D eigenvalue weighted by Crippen LogP contribution is -2.01. The lowest BCUT2D eigenvalue weighted by atomic mass is 10.0. The summed E-state index contributed by atoms with van der Waals surface area (Å²) in [5.41, 5.74) is 5.50. The molecule has 0 fully saturated rings. The highest BCUT2D eigenvalue weighted by Gasteiger charge is 2.07. The fraction of sp³-hybridized carbons (Fsp3) is 0.294. The minimum atomic E-state index is 0.317. The van der Waals surface area contributed by atoms with Crippen LogP contribution in [0.2, 0.25) is 0 Å².